The van der Waals surface area contributed by atoms with Gasteiger partial charge in [0.1, 0.15) is 16.6 Å². The molecule has 0 aliphatic heterocycles. The number of aryl methyl sites for hydroxylation is 1. The predicted octanol–water partition coefficient (Wildman–Crippen LogP) is 1.14. The van der Waals surface area contributed by atoms with Crippen molar-refractivity contribution in [3.63, 3.8) is 0 Å². The van der Waals surface area contributed by atoms with Gasteiger partial charge in [-0.25, -0.2) is 15.8 Å². The van der Waals surface area contributed by atoms with Gasteiger partial charge in [-0.2, -0.15) is 5.10 Å². The minimum Gasteiger partial charge on any atom is -0.367 e. The number of nitrogens with one attached hydrogen (secondary N) is 2. The summed E-state index contributed by atoms with van der Waals surface area (Å²) < 4.78 is 2.59. The Morgan fingerprint density at radius 2 is 2.17 bits per heavy atom. The van der Waals surface area contributed by atoms with Crippen LogP contribution in [0, 0.1) is 6.92 Å². The number of aromatic nitrogens is 4. The zero-order valence-electron chi connectivity index (χ0n) is 9.89. The van der Waals surface area contributed by atoms with Gasteiger partial charge in [0.15, 0.2) is 5.82 Å². The summed E-state index contributed by atoms with van der Waals surface area (Å²) in [7, 11) is 0. The van der Waals surface area contributed by atoms with Crippen LogP contribution in [0.2, 0.25) is 0 Å². The molecule has 4 N–H and O–H groups in total. The van der Waals surface area contributed by atoms with Gasteiger partial charge >= 0.3 is 0 Å². The number of hydrogen-bond donors (Lipinski definition) is 3. The molecule has 0 bridgehead atoms. The normalized spacial score (nSPS) is 10.4. The van der Waals surface area contributed by atoms with Crippen molar-refractivity contribution in [3.8, 4) is 0 Å². The highest BCUT2D eigenvalue weighted by atomic mass is 79.9. The SMILES string of the molecule is Cc1cnn(CCNc2ncnc(NN)c2Br)c1. The molecule has 0 atom stereocenters. The van der Waals surface area contributed by atoms with Crippen molar-refractivity contribution in [1.29, 1.82) is 0 Å². The first-order valence-corrected chi connectivity index (χ1v) is 6.20. The Hall–Kier alpha value is -1.67. The van der Waals surface area contributed by atoms with Crippen molar-refractivity contribution in [1.82, 2.24) is 19.7 Å². The van der Waals surface area contributed by atoms with Crippen LogP contribution in [0.25, 0.3) is 0 Å². The molecular weight excluding hydrogens is 298 g/mol. The van der Waals surface area contributed by atoms with Gasteiger partial charge < -0.3 is 10.7 Å². The highest BCUT2D eigenvalue weighted by Crippen LogP contribution is 2.25. The van der Waals surface area contributed by atoms with E-state index in [-0.39, 0.29) is 0 Å². The van der Waals surface area contributed by atoms with E-state index in [1.807, 2.05) is 24.0 Å². The van der Waals surface area contributed by atoms with E-state index in [0.717, 1.165) is 12.1 Å². The first kappa shape index (κ1) is 12.8. The topological polar surface area (TPSA) is 93.7 Å². The van der Waals surface area contributed by atoms with Crippen LogP contribution < -0.4 is 16.6 Å². The van der Waals surface area contributed by atoms with Crippen molar-refractivity contribution in [2.24, 2.45) is 5.84 Å². The molecule has 96 valence electrons. The van der Waals surface area contributed by atoms with Crippen molar-refractivity contribution in [3.05, 3.63) is 28.8 Å². The van der Waals surface area contributed by atoms with E-state index in [2.05, 4.69) is 41.7 Å². The zero-order valence-corrected chi connectivity index (χ0v) is 11.5. The number of rotatable bonds is 5. The summed E-state index contributed by atoms with van der Waals surface area (Å²) in [4.78, 5) is 8.10. The summed E-state index contributed by atoms with van der Waals surface area (Å²) >= 11 is 3.38. The molecule has 2 rings (SSSR count). The lowest BCUT2D eigenvalue weighted by atomic mass is 10.4. The number of hydrogen-bond acceptors (Lipinski definition) is 6. The van der Waals surface area contributed by atoms with Crippen LogP contribution in [0.3, 0.4) is 0 Å². The fraction of sp³-hybridized carbons (Fsp3) is 0.300. The summed E-state index contributed by atoms with van der Waals surface area (Å²) in [6.07, 6.45) is 5.26. The molecule has 2 aromatic heterocycles. The van der Waals surface area contributed by atoms with Gasteiger partial charge in [-0.15, -0.1) is 0 Å². The molecule has 8 heteroatoms. The second-order valence-electron chi connectivity index (χ2n) is 3.74. The quantitative estimate of drug-likeness (QED) is 0.566. The highest BCUT2D eigenvalue weighted by Gasteiger charge is 2.06. The summed E-state index contributed by atoms with van der Waals surface area (Å²) in [6, 6.07) is 0. The molecule has 0 aromatic carbocycles. The average molecular weight is 312 g/mol. The summed E-state index contributed by atoms with van der Waals surface area (Å²) in [6.45, 7) is 3.48. The van der Waals surface area contributed by atoms with Gasteiger partial charge in [-0.3, -0.25) is 4.68 Å². The van der Waals surface area contributed by atoms with Crippen molar-refractivity contribution in [2.75, 3.05) is 17.3 Å². The smallest absolute Gasteiger partial charge is 0.159 e. The number of halogens is 1. The van der Waals surface area contributed by atoms with Gasteiger partial charge in [-0.1, -0.05) is 0 Å². The Labute approximate surface area is 113 Å². The summed E-state index contributed by atoms with van der Waals surface area (Å²) in [5, 5.41) is 7.39. The van der Waals surface area contributed by atoms with E-state index < -0.39 is 0 Å². The van der Waals surface area contributed by atoms with Crippen molar-refractivity contribution >= 4 is 27.6 Å². The number of nitrogen functional groups attached to an aromatic ring is 1. The number of anilines is 2. The van der Waals surface area contributed by atoms with Crippen LogP contribution in [-0.2, 0) is 6.54 Å². The van der Waals surface area contributed by atoms with Crippen molar-refractivity contribution < 1.29 is 0 Å². The van der Waals surface area contributed by atoms with Gasteiger partial charge in [0.25, 0.3) is 0 Å². The summed E-state index contributed by atoms with van der Waals surface area (Å²) in [5.74, 6) is 6.57. The minimum absolute atomic E-state index is 0.544. The molecule has 0 aliphatic carbocycles. The van der Waals surface area contributed by atoms with E-state index >= 15 is 0 Å². The Morgan fingerprint density at radius 1 is 1.39 bits per heavy atom. The van der Waals surface area contributed by atoms with Crippen LogP contribution >= 0.6 is 15.9 Å². The van der Waals surface area contributed by atoms with Crippen LogP contribution in [0.15, 0.2) is 23.2 Å². The third-order valence-corrected chi connectivity index (χ3v) is 3.07. The zero-order chi connectivity index (χ0) is 13.0. The van der Waals surface area contributed by atoms with Gasteiger partial charge in [0, 0.05) is 12.7 Å². The molecular formula is C10H14BrN7. The Morgan fingerprint density at radius 3 is 2.83 bits per heavy atom. The maximum atomic E-state index is 5.33. The van der Waals surface area contributed by atoms with Gasteiger partial charge in [-0.05, 0) is 28.4 Å². The van der Waals surface area contributed by atoms with E-state index in [1.54, 1.807) is 0 Å². The van der Waals surface area contributed by atoms with E-state index in [4.69, 9.17) is 5.84 Å². The number of nitrogens with zero attached hydrogens (tertiary/aromatic N) is 4. The Balaban J connectivity index is 1.94. The van der Waals surface area contributed by atoms with Crippen LogP contribution in [0.4, 0.5) is 11.6 Å². The van der Waals surface area contributed by atoms with E-state index in [9.17, 15) is 0 Å². The van der Waals surface area contributed by atoms with E-state index in [0.29, 0.717) is 22.7 Å². The van der Waals surface area contributed by atoms with E-state index in [1.165, 1.54) is 6.33 Å². The molecule has 2 aromatic rings. The lowest BCUT2D eigenvalue weighted by Crippen LogP contribution is -2.14. The molecule has 0 saturated heterocycles. The fourth-order valence-corrected chi connectivity index (χ4v) is 1.93. The monoisotopic (exact) mass is 311 g/mol. The third kappa shape index (κ3) is 2.96. The largest absolute Gasteiger partial charge is 0.367 e. The highest BCUT2D eigenvalue weighted by molar-refractivity contribution is 9.10. The molecule has 0 aliphatic rings. The average Bonchev–Trinajstić information content (AvgIpc) is 2.77. The van der Waals surface area contributed by atoms with Gasteiger partial charge in [0.05, 0.1) is 12.7 Å². The third-order valence-electron chi connectivity index (χ3n) is 2.32. The first-order chi connectivity index (χ1) is 8.70. The molecule has 0 saturated carbocycles. The predicted molar refractivity (Wildman–Crippen MR) is 73.0 cm³/mol. The molecule has 0 amide bonds. The lowest BCUT2D eigenvalue weighted by molar-refractivity contribution is 0.636. The molecule has 0 radical (unpaired) electrons. The number of nitrogens with two attached hydrogens (primary N) is 1. The van der Waals surface area contributed by atoms with Gasteiger partial charge in [0.2, 0.25) is 0 Å². The molecule has 2 heterocycles. The second-order valence-corrected chi connectivity index (χ2v) is 4.53. The molecule has 0 fully saturated rings. The molecule has 7 nitrogen and oxygen atoms in total. The Bertz CT molecular complexity index is 525. The molecule has 18 heavy (non-hydrogen) atoms. The molecule has 0 unspecified atom stereocenters. The maximum Gasteiger partial charge on any atom is 0.159 e. The van der Waals surface area contributed by atoms with Crippen LogP contribution in [0.5, 0.6) is 0 Å². The Kier molecular flexibility index (Phi) is 4.11. The van der Waals surface area contributed by atoms with Crippen LogP contribution in [-0.4, -0.2) is 26.3 Å². The fourth-order valence-electron chi connectivity index (χ4n) is 1.47. The first-order valence-electron chi connectivity index (χ1n) is 5.40. The standard InChI is InChI=1S/C10H14BrN7/c1-7-4-16-18(5-7)3-2-13-9-8(11)10(17-12)15-6-14-9/h4-6H,2-3,12H2,1H3,(H2,13,14,15,17). The lowest BCUT2D eigenvalue weighted by Gasteiger charge is -2.09. The van der Waals surface area contributed by atoms with Crippen LogP contribution in [0.1, 0.15) is 5.56 Å². The second kappa shape index (κ2) is 5.78. The molecule has 0 spiro atoms. The summed E-state index contributed by atoms with van der Waals surface area (Å²) in [5.41, 5.74) is 3.64. The maximum absolute atomic E-state index is 5.33. The number of hydrazine groups is 1. The minimum atomic E-state index is 0.544. The van der Waals surface area contributed by atoms with Crippen molar-refractivity contribution in [2.45, 2.75) is 13.5 Å².